The number of hydrogen-bond acceptors (Lipinski definition) is 5. The van der Waals surface area contributed by atoms with Crippen molar-refractivity contribution in [3.8, 4) is 0 Å². The first kappa shape index (κ1) is 66.9. The molecule has 0 saturated heterocycles. The van der Waals surface area contributed by atoms with Gasteiger partial charge in [-0.1, -0.05) is 254 Å². The van der Waals surface area contributed by atoms with Crippen LogP contribution in [0.1, 0.15) is 251 Å². The van der Waals surface area contributed by atoms with Crippen molar-refractivity contribution in [3.05, 3.63) is 72.9 Å². The minimum absolute atomic E-state index is 0.0713. The monoisotopic (exact) mass is 988 g/mol. The molecule has 69 heavy (non-hydrogen) atoms. The van der Waals surface area contributed by atoms with E-state index in [1.165, 1.54) is 148 Å². The van der Waals surface area contributed by atoms with Gasteiger partial charge in [-0.15, -0.1) is 0 Å². The summed E-state index contributed by atoms with van der Waals surface area (Å²) in [5, 5.41) is 14.1. The fourth-order valence-corrected chi connectivity index (χ4v) is 8.96. The average molecular weight is 989 g/mol. The standard InChI is InChI=1S/C60H111N2O6P/c1-6-8-10-12-14-16-18-20-22-24-26-27-28-29-30-31-32-33-34-35-36-38-40-42-44-46-48-50-52-54-60(64)61-58(57-68-69(65,66)67-56-55-62(3,4)5)59(63)53-51-49-47-45-43-41-39-37-25-23-21-19-17-15-13-11-9-7-2/h8,10,14,16,20,22,26-27,29-30,32-33,58-59,63H,6-7,9,11-13,15,17-19,21,23-25,28,31,34-57H2,1-5H3,(H-,61,64,65,66)/p+1/b10-8-,16-14-,22-20-,27-26-,30-29-,33-32-. The minimum Gasteiger partial charge on any atom is -0.391 e. The predicted molar refractivity (Wildman–Crippen MR) is 300 cm³/mol. The molecule has 0 heterocycles. The van der Waals surface area contributed by atoms with Crippen LogP contribution >= 0.6 is 7.82 Å². The van der Waals surface area contributed by atoms with Crippen LogP contribution in [0.4, 0.5) is 0 Å². The van der Waals surface area contributed by atoms with Crippen molar-refractivity contribution in [2.75, 3.05) is 40.9 Å². The molecule has 0 aliphatic carbocycles. The molecular formula is C60H112N2O6P+. The van der Waals surface area contributed by atoms with E-state index in [1.807, 2.05) is 21.1 Å². The fraction of sp³-hybridized carbons (Fsp3) is 0.783. The van der Waals surface area contributed by atoms with Crippen LogP contribution in [0.5, 0.6) is 0 Å². The number of carbonyl (C=O) groups excluding carboxylic acids is 1. The predicted octanol–water partition coefficient (Wildman–Crippen LogP) is 17.5. The lowest BCUT2D eigenvalue weighted by molar-refractivity contribution is -0.870. The molecule has 0 aliphatic rings. The highest BCUT2D eigenvalue weighted by Gasteiger charge is 2.28. The van der Waals surface area contributed by atoms with Gasteiger partial charge in [-0.3, -0.25) is 13.8 Å². The molecule has 1 amide bonds. The number of nitrogens with one attached hydrogen (secondary N) is 1. The van der Waals surface area contributed by atoms with E-state index in [-0.39, 0.29) is 19.1 Å². The largest absolute Gasteiger partial charge is 0.472 e. The maximum atomic E-state index is 13.0. The first-order valence-electron chi connectivity index (χ1n) is 28.8. The highest BCUT2D eigenvalue weighted by Crippen LogP contribution is 2.43. The second kappa shape index (κ2) is 50.9. The lowest BCUT2D eigenvalue weighted by Gasteiger charge is -2.26. The average Bonchev–Trinajstić information content (AvgIpc) is 3.31. The highest BCUT2D eigenvalue weighted by atomic mass is 31.2. The molecule has 9 heteroatoms. The van der Waals surface area contributed by atoms with Crippen LogP contribution in [-0.4, -0.2) is 73.4 Å². The van der Waals surface area contributed by atoms with Crippen LogP contribution in [0.25, 0.3) is 0 Å². The van der Waals surface area contributed by atoms with Crippen LogP contribution in [-0.2, 0) is 18.4 Å². The zero-order valence-corrected chi connectivity index (χ0v) is 46.7. The Balaban J connectivity index is 4.18. The van der Waals surface area contributed by atoms with Gasteiger partial charge < -0.3 is 19.8 Å². The number of quaternary nitrogens is 1. The van der Waals surface area contributed by atoms with E-state index in [0.717, 1.165) is 77.0 Å². The number of amides is 1. The summed E-state index contributed by atoms with van der Waals surface area (Å²) < 4.78 is 23.8. The molecule has 0 aromatic carbocycles. The summed E-state index contributed by atoms with van der Waals surface area (Å²) >= 11 is 0. The Morgan fingerprint density at radius 2 is 0.870 bits per heavy atom. The van der Waals surface area contributed by atoms with Gasteiger partial charge in [-0.2, -0.15) is 0 Å². The number of likely N-dealkylation sites (N-methyl/N-ethyl adjacent to an activating group) is 1. The van der Waals surface area contributed by atoms with Crippen LogP contribution < -0.4 is 5.32 Å². The Labute approximate surface area is 427 Å². The molecule has 3 atom stereocenters. The Morgan fingerprint density at radius 3 is 1.28 bits per heavy atom. The molecule has 0 spiro atoms. The second-order valence-corrected chi connectivity index (χ2v) is 22.1. The SMILES string of the molecule is CC/C=C\C/C=C\C/C=C\C/C=C\C/C=C\C/C=C\CCCCCCCCCCCCC(=O)NC(COP(=O)(O)OCC[N+](C)(C)C)C(O)CCCCCCCCCCCCCCCCCCCC. The van der Waals surface area contributed by atoms with Crippen molar-refractivity contribution in [3.63, 3.8) is 0 Å². The number of nitrogens with zero attached hydrogens (tertiary/aromatic N) is 1. The summed E-state index contributed by atoms with van der Waals surface area (Å²) in [6.07, 6.45) is 69.5. The van der Waals surface area contributed by atoms with Crippen molar-refractivity contribution in [1.29, 1.82) is 0 Å². The third kappa shape index (κ3) is 53.6. The third-order valence-corrected chi connectivity index (χ3v) is 13.7. The van der Waals surface area contributed by atoms with Crippen molar-refractivity contribution in [1.82, 2.24) is 5.32 Å². The van der Waals surface area contributed by atoms with Crippen LogP contribution in [0, 0.1) is 0 Å². The molecule has 3 unspecified atom stereocenters. The molecular weight excluding hydrogens is 876 g/mol. The van der Waals surface area contributed by atoms with Gasteiger partial charge in [-0.05, 0) is 64.2 Å². The van der Waals surface area contributed by atoms with Gasteiger partial charge in [0.15, 0.2) is 0 Å². The van der Waals surface area contributed by atoms with E-state index >= 15 is 0 Å². The van der Waals surface area contributed by atoms with E-state index < -0.39 is 20.0 Å². The van der Waals surface area contributed by atoms with Crippen molar-refractivity contribution in [2.45, 2.75) is 264 Å². The Morgan fingerprint density at radius 1 is 0.507 bits per heavy atom. The van der Waals surface area contributed by atoms with Gasteiger partial charge in [-0.25, -0.2) is 4.57 Å². The topological polar surface area (TPSA) is 105 Å². The van der Waals surface area contributed by atoms with E-state index in [2.05, 4.69) is 92.1 Å². The summed E-state index contributed by atoms with van der Waals surface area (Å²) in [6.45, 7) is 4.79. The van der Waals surface area contributed by atoms with Crippen molar-refractivity contribution >= 4 is 13.7 Å². The van der Waals surface area contributed by atoms with E-state index in [9.17, 15) is 19.4 Å². The summed E-state index contributed by atoms with van der Waals surface area (Å²) in [6, 6.07) is -0.767. The lowest BCUT2D eigenvalue weighted by Crippen LogP contribution is -2.46. The molecule has 0 aliphatic heterocycles. The molecule has 0 fully saturated rings. The summed E-state index contributed by atoms with van der Waals surface area (Å²) in [4.78, 5) is 23.3. The van der Waals surface area contributed by atoms with Gasteiger partial charge in [0.05, 0.1) is 39.9 Å². The first-order valence-corrected chi connectivity index (χ1v) is 30.3. The molecule has 0 bridgehead atoms. The molecule has 402 valence electrons. The molecule has 8 nitrogen and oxygen atoms in total. The summed E-state index contributed by atoms with van der Waals surface area (Å²) in [7, 11) is 1.61. The quantitative estimate of drug-likeness (QED) is 0.0243. The maximum Gasteiger partial charge on any atom is 0.472 e. The van der Waals surface area contributed by atoms with Crippen molar-refractivity contribution < 1.29 is 32.9 Å². The first-order chi connectivity index (χ1) is 33.5. The number of hydrogen-bond donors (Lipinski definition) is 3. The Kier molecular flexibility index (Phi) is 49.3. The van der Waals surface area contributed by atoms with Crippen LogP contribution in [0.2, 0.25) is 0 Å². The fourth-order valence-electron chi connectivity index (χ4n) is 8.23. The minimum atomic E-state index is -4.33. The number of aliphatic hydroxyl groups is 1. The zero-order chi connectivity index (χ0) is 50.6. The second-order valence-electron chi connectivity index (χ2n) is 20.6. The van der Waals surface area contributed by atoms with Gasteiger partial charge in [0.25, 0.3) is 0 Å². The number of phosphoric ester groups is 1. The number of phosphoric acid groups is 1. The zero-order valence-electron chi connectivity index (χ0n) is 45.8. The molecule has 0 aromatic heterocycles. The molecule has 0 rings (SSSR count). The number of unbranched alkanes of at least 4 members (excludes halogenated alkanes) is 27. The maximum absolute atomic E-state index is 13.0. The van der Waals surface area contributed by atoms with E-state index in [0.29, 0.717) is 23.9 Å². The summed E-state index contributed by atoms with van der Waals surface area (Å²) in [5.74, 6) is -0.150. The number of allylic oxidation sites excluding steroid dienone is 12. The van der Waals surface area contributed by atoms with E-state index in [4.69, 9.17) is 9.05 Å². The number of aliphatic hydroxyl groups excluding tert-OH is 1. The third-order valence-electron chi connectivity index (χ3n) is 12.7. The molecule has 0 aromatic rings. The van der Waals surface area contributed by atoms with E-state index in [1.54, 1.807) is 0 Å². The van der Waals surface area contributed by atoms with Crippen LogP contribution in [0.15, 0.2) is 72.9 Å². The molecule has 3 N–H and O–H groups in total. The lowest BCUT2D eigenvalue weighted by atomic mass is 10.0. The molecule has 0 radical (unpaired) electrons. The molecule has 0 saturated carbocycles. The number of rotatable bonds is 52. The number of carbonyl (C=O) groups is 1. The van der Waals surface area contributed by atoms with Gasteiger partial charge in [0.2, 0.25) is 5.91 Å². The highest BCUT2D eigenvalue weighted by molar-refractivity contribution is 7.47. The smallest absolute Gasteiger partial charge is 0.391 e. The normalized spacial score (nSPS) is 14.5. The Bertz CT molecular complexity index is 1350. The Hall–Kier alpha value is -2.06. The van der Waals surface area contributed by atoms with Gasteiger partial charge in [0.1, 0.15) is 13.2 Å². The van der Waals surface area contributed by atoms with Gasteiger partial charge in [0, 0.05) is 6.42 Å². The summed E-state index contributed by atoms with van der Waals surface area (Å²) in [5.41, 5.74) is 0. The van der Waals surface area contributed by atoms with Gasteiger partial charge >= 0.3 is 7.82 Å². The van der Waals surface area contributed by atoms with Crippen molar-refractivity contribution in [2.24, 2.45) is 0 Å². The van der Waals surface area contributed by atoms with Crippen LogP contribution in [0.3, 0.4) is 0 Å².